The van der Waals surface area contributed by atoms with Crippen molar-refractivity contribution >= 4 is 59.5 Å². The van der Waals surface area contributed by atoms with Crippen molar-refractivity contribution < 1.29 is 38.2 Å². The fourth-order valence-corrected chi connectivity index (χ4v) is 10.3. The average molecular weight is 856 g/mol. The van der Waals surface area contributed by atoms with Crippen LogP contribution in [-0.4, -0.2) is 50.4 Å². The molecule has 6 aromatic carbocycles. The van der Waals surface area contributed by atoms with Gasteiger partial charge in [0.1, 0.15) is 0 Å². The van der Waals surface area contributed by atoms with Crippen LogP contribution < -0.4 is 26.5 Å². The van der Waals surface area contributed by atoms with Crippen LogP contribution in [0.25, 0.3) is 0 Å². The van der Waals surface area contributed by atoms with Gasteiger partial charge in [0.2, 0.25) is 0 Å². The molecule has 9 heteroatoms. The Morgan fingerprint density at radius 2 is 0.868 bits per heavy atom. The van der Waals surface area contributed by atoms with Crippen molar-refractivity contribution in [3.8, 4) is 0 Å². The van der Waals surface area contributed by atoms with Gasteiger partial charge in [0.25, 0.3) is 0 Å². The number of hydrogen-bond donors (Lipinski definition) is 2. The van der Waals surface area contributed by atoms with E-state index < -0.39 is 15.8 Å². The second-order valence-electron chi connectivity index (χ2n) is 11.2. The number of aliphatic hydroxyl groups is 1. The van der Waals surface area contributed by atoms with Gasteiger partial charge in [-0.3, -0.25) is 6.79 Å². The van der Waals surface area contributed by atoms with Crippen molar-refractivity contribution in [3.63, 3.8) is 0 Å². The van der Waals surface area contributed by atoms with Crippen molar-refractivity contribution in [2.45, 2.75) is 6.61 Å². The molecular weight excluding hydrogens is 805 g/mol. The van der Waals surface area contributed by atoms with E-state index in [0.29, 0.717) is 5.56 Å². The molecule has 0 bridgehead atoms. The summed E-state index contributed by atoms with van der Waals surface area (Å²) in [5, 5.41) is 18.3. The number of aliphatic hydroxyl groups excluding tert-OH is 1. The van der Waals surface area contributed by atoms with E-state index in [9.17, 15) is 4.79 Å². The maximum Gasteiger partial charge on any atom is 0.0967 e. The van der Waals surface area contributed by atoms with Gasteiger partial charge in [-0.2, -0.15) is 0 Å². The molecule has 0 heterocycles. The topological polar surface area (TPSA) is 75.6 Å². The minimum atomic E-state index is -0.758. The molecule has 53 heavy (non-hydrogen) atoms. The number of nitrogens with one attached hydrogen (secondary N) is 1. The zero-order valence-corrected chi connectivity index (χ0v) is 34.5. The van der Waals surface area contributed by atoms with Gasteiger partial charge in [0.15, 0.2) is 0 Å². The van der Waals surface area contributed by atoms with Crippen molar-refractivity contribution in [1.29, 1.82) is 0 Å². The Balaban J connectivity index is 0.000000518. The number of rotatable bonds is 12. The van der Waals surface area contributed by atoms with E-state index in [0.717, 1.165) is 18.7 Å². The summed E-state index contributed by atoms with van der Waals surface area (Å²) in [7, 11) is 4.46. The number of carbonyl (C=O) groups is 1. The van der Waals surface area contributed by atoms with Crippen LogP contribution >= 0.6 is 25.5 Å². The van der Waals surface area contributed by atoms with Gasteiger partial charge in [0, 0.05) is 14.5 Å². The quantitative estimate of drug-likeness (QED) is 0.0337. The minimum Gasteiger partial charge on any atom is -0.310 e. The fourth-order valence-electron chi connectivity index (χ4n) is 5.30. The Morgan fingerprint density at radius 1 is 0.585 bits per heavy atom. The summed E-state index contributed by atoms with van der Waals surface area (Å²) < 4.78 is 4.50. The van der Waals surface area contributed by atoms with E-state index in [4.69, 9.17) is 9.90 Å². The van der Waals surface area contributed by atoms with Crippen LogP contribution in [0.1, 0.15) is 17.3 Å². The van der Waals surface area contributed by atoms with E-state index in [1.165, 1.54) is 40.7 Å². The van der Waals surface area contributed by atoms with Gasteiger partial charge in [-0.05, 0) is 66.2 Å². The van der Waals surface area contributed by atoms with Crippen LogP contribution in [0.5, 0.6) is 0 Å². The maximum absolute atomic E-state index is 10.8. The third-order valence-electron chi connectivity index (χ3n) is 7.81. The minimum absolute atomic E-state index is 0. The first-order chi connectivity index (χ1) is 26.2. The molecule has 0 aliphatic rings. The molecule has 0 fully saturated rings. The Labute approximate surface area is 333 Å². The number of hydrogen-bond acceptors (Lipinski definition) is 5. The Hall–Kier alpha value is -3.85. The molecule has 0 atom stereocenters. The third kappa shape index (κ3) is 17.7. The van der Waals surface area contributed by atoms with Crippen LogP contribution in [0.3, 0.4) is 0 Å². The normalized spacial score (nSPS) is 9.77. The van der Waals surface area contributed by atoms with E-state index >= 15 is 0 Å². The van der Waals surface area contributed by atoms with Gasteiger partial charge in [-0.1, -0.05) is 121 Å². The van der Waals surface area contributed by atoms with Crippen molar-refractivity contribution in [1.82, 2.24) is 5.32 Å². The first-order valence-corrected chi connectivity index (χ1v) is 22.8. The average Bonchev–Trinajstić information content (AvgIpc) is 3.27. The van der Waals surface area contributed by atoms with E-state index in [-0.39, 0.29) is 14.0 Å². The predicted octanol–water partition coefficient (Wildman–Crippen LogP) is 7.35. The molecule has 0 saturated carbocycles. The van der Waals surface area contributed by atoms with Crippen molar-refractivity contribution in [2.24, 2.45) is 0 Å². The number of benzene rings is 6. The fraction of sp³-hybridized carbons (Fsp3) is 0.136. The molecule has 0 spiro atoms. The summed E-state index contributed by atoms with van der Waals surface area (Å²) in [4.78, 5) is 18.5. The first kappa shape index (κ1) is 45.3. The number of carbonyl (C=O) groups excluding carboxylic acids is 2. The summed E-state index contributed by atoms with van der Waals surface area (Å²) in [6.45, 7) is 5.52. The van der Waals surface area contributed by atoms with Crippen molar-refractivity contribution in [2.75, 3.05) is 32.5 Å². The maximum atomic E-state index is 10.8. The molecule has 2 N–H and O–H groups in total. The van der Waals surface area contributed by atoms with Crippen LogP contribution in [0.15, 0.2) is 182 Å². The summed E-state index contributed by atoms with van der Waals surface area (Å²) >= 11 is 1.62. The number of ether oxygens (including phenoxy) is 1. The second-order valence-corrected chi connectivity index (χ2v) is 16.4. The number of halogens is 1. The third-order valence-corrected chi connectivity index (χ3v) is 13.4. The molecule has 278 valence electrons. The molecule has 5 nitrogen and oxygen atoms in total. The molecule has 0 aliphatic carbocycles. The molecule has 0 unspecified atom stereocenters. The Kier molecular flexibility index (Phi) is 25.3. The second kappa shape index (κ2) is 29.6. The summed E-state index contributed by atoms with van der Waals surface area (Å²) in [6.07, 6.45) is 2.41. The molecule has 6 aromatic rings. The molecule has 0 amide bonds. The smallest absolute Gasteiger partial charge is 0.0967 e. The predicted molar refractivity (Wildman–Crippen MR) is 230 cm³/mol. The largest absolute Gasteiger partial charge is 0.310 e. The Bertz CT molecular complexity index is 1590. The standard InChI is InChI=1S/C28H29NP2.C8H8O2.C7H8O.CHO.ClH.Ru.H2.H/c1-5-13-25(14-6-1)30(26-15-7-2-8-16-26)23-21-29-22-24-31(27-17-9-3-10-18-27)28-19-11-4-12-20-28;1-10-8(9)7-5-3-2-4-6-7;8-6-7-4-2-1-3-5-7;1-2;;;;/h1-20,29H,21-24H2;2-6H,1H3;1-5,8H,6H2;1H;1H;;1H;/q;;;-1;;+3;;/p+1. The zero-order chi connectivity index (χ0) is 38.4. The van der Waals surface area contributed by atoms with Crippen LogP contribution in [0.4, 0.5) is 0 Å². The van der Waals surface area contributed by atoms with E-state index in [1.807, 2.05) is 36.4 Å². The first-order valence-electron chi connectivity index (χ1n) is 17.0. The molecule has 0 aliphatic heterocycles. The van der Waals surface area contributed by atoms with Crippen LogP contribution in [-0.2, 0) is 33.4 Å². The van der Waals surface area contributed by atoms with Gasteiger partial charge in [0.05, 0.1) is 68.7 Å². The van der Waals surface area contributed by atoms with Gasteiger partial charge >= 0.3 is 33.0 Å². The van der Waals surface area contributed by atoms with Gasteiger partial charge in [-0.25, -0.2) is 4.79 Å². The summed E-state index contributed by atoms with van der Waals surface area (Å²) in [6, 6.07) is 62.6. The van der Waals surface area contributed by atoms with Crippen LogP contribution in [0.2, 0.25) is 0 Å². The van der Waals surface area contributed by atoms with E-state index in [1.54, 1.807) is 41.6 Å². The Morgan fingerprint density at radius 3 is 1.13 bits per heavy atom. The number of methoxy groups -OCH3 is 1. The van der Waals surface area contributed by atoms with Gasteiger partial charge < -0.3 is 20.0 Å². The molecule has 0 aromatic heterocycles. The summed E-state index contributed by atoms with van der Waals surface area (Å²) in [5.41, 5.74) is 1.55. The zero-order valence-electron chi connectivity index (χ0n) is 29.9. The molecule has 0 saturated heterocycles. The monoisotopic (exact) mass is 856 g/mol. The summed E-state index contributed by atoms with van der Waals surface area (Å²) in [5.74, 6) is -0.291. The van der Waals surface area contributed by atoms with E-state index in [2.05, 4.69) is 148 Å². The SMILES string of the molecule is COC(=O)c1ccccc1.OCc1ccccc1.[CH-]=O.[Cl][RuH+2].[HH].c1ccc([PH+](CCNCC[PH+](c2ccccc2)c2ccccc2)c2ccccc2)cc1. The van der Waals surface area contributed by atoms with Crippen molar-refractivity contribution in [3.05, 3.63) is 193 Å². The molecule has 6 rings (SSSR count). The van der Waals surface area contributed by atoms with Gasteiger partial charge in [-0.15, -0.1) is 0 Å². The number of esters is 1. The molecule has 0 radical (unpaired) electrons. The van der Waals surface area contributed by atoms with Crippen LogP contribution in [0, 0.1) is 0 Å². The molecular formula is C44H51ClNO4P2Ru+3.